The summed E-state index contributed by atoms with van der Waals surface area (Å²) in [5.74, 6) is 0.165. The number of nitrogens with zero attached hydrogens (tertiary/aromatic N) is 3. The Balaban J connectivity index is 0.982. The summed E-state index contributed by atoms with van der Waals surface area (Å²) in [5.41, 5.74) is 13.1. The standard InChI is InChI=1S/C58H40N4/c59-58(60-52-23-11-6-16-44(52)34-38-26-28-40(29-27-38)42-31-30-39-14-4-5-15-41(39)35-42)62-54-25-13-10-22-50(54)57-49-21-8-7-19-46(49)51(37-56(57)62)43-32-33-48-47-20-9-12-24-53(47)61(55(48)36-43)45-17-2-1-3-18-45/h1-2,4-17,19-37,59H,3,18H2/b44-34+,59-58?,60-52-. The van der Waals surface area contributed by atoms with Gasteiger partial charge in [0.15, 0.2) is 0 Å². The molecule has 0 atom stereocenters. The first-order chi connectivity index (χ1) is 30.7. The molecule has 0 unspecified atom stereocenters. The molecule has 62 heavy (non-hydrogen) atoms. The fraction of sp³-hybridized carbons (Fsp3) is 0.0345. The van der Waals surface area contributed by atoms with Gasteiger partial charge in [0, 0.05) is 32.8 Å². The number of benzene rings is 8. The van der Waals surface area contributed by atoms with E-state index in [2.05, 4.69) is 199 Å². The van der Waals surface area contributed by atoms with E-state index in [0.717, 1.165) is 68.0 Å². The Morgan fingerprint density at radius 1 is 0.532 bits per heavy atom. The van der Waals surface area contributed by atoms with Gasteiger partial charge < -0.3 is 4.57 Å². The van der Waals surface area contributed by atoms with Crippen molar-refractivity contribution < 1.29 is 0 Å². The zero-order valence-electron chi connectivity index (χ0n) is 34.0. The first-order valence-corrected chi connectivity index (χ1v) is 21.3. The Bertz CT molecular complexity index is 3690. The molecular formula is C58H40N4. The van der Waals surface area contributed by atoms with E-state index in [-0.39, 0.29) is 5.96 Å². The number of hydrogen-bond acceptors (Lipinski definition) is 1. The van der Waals surface area contributed by atoms with Crippen LogP contribution in [0.15, 0.2) is 217 Å². The maximum absolute atomic E-state index is 9.77. The summed E-state index contributed by atoms with van der Waals surface area (Å²) in [6.45, 7) is 0. The molecule has 0 saturated carbocycles. The average molecular weight is 793 g/mol. The molecule has 2 aliphatic carbocycles. The van der Waals surface area contributed by atoms with Gasteiger partial charge in [-0.3, -0.25) is 9.98 Å². The lowest BCUT2D eigenvalue weighted by Gasteiger charge is -2.15. The molecule has 292 valence electrons. The second kappa shape index (κ2) is 14.6. The van der Waals surface area contributed by atoms with Crippen molar-refractivity contribution in [2.24, 2.45) is 4.99 Å². The molecule has 0 fully saturated rings. The largest absolute Gasteiger partial charge is 0.313 e. The summed E-state index contributed by atoms with van der Waals surface area (Å²) in [6, 6.07) is 58.9. The Hall–Kier alpha value is -8.08. The molecule has 1 N–H and O–H groups in total. The summed E-state index contributed by atoms with van der Waals surface area (Å²) in [7, 11) is 0. The van der Waals surface area contributed by atoms with E-state index in [1.54, 1.807) is 0 Å². The monoisotopic (exact) mass is 792 g/mol. The molecule has 2 aliphatic rings. The smallest absolute Gasteiger partial charge is 0.227 e. The molecule has 0 radical (unpaired) electrons. The topological polar surface area (TPSA) is 46.1 Å². The van der Waals surface area contributed by atoms with Crippen LogP contribution in [0.4, 0.5) is 0 Å². The number of para-hydroxylation sites is 2. The molecule has 4 nitrogen and oxygen atoms in total. The van der Waals surface area contributed by atoms with Crippen molar-refractivity contribution in [3.63, 3.8) is 0 Å². The molecule has 0 bridgehead atoms. The number of nitrogens with one attached hydrogen (secondary N) is 1. The van der Waals surface area contributed by atoms with Gasteiger partial charge in [0.1, 0.15) is 0 Å². The number of aliphatic imine (C=N–C) groups is 1. The lowest BCUT2D eigenvalue weighted by molar-refractivity contribution is 0.979. The molecule has 2 aromatic heterocycles. The molecule has 0 spiro atoms. The van der Waals surface area contributed by atoms with Crippen molar-refractivity contribution in [1.82, 2.24) is 9.13 Å². The van der Waals surface area contributed by atoms with Gasteiger partial charge in [-0.25, -0.2) is 4.99 Å². The van der Waals surface area contributed by atoms with Gasteiger partial charge in [-0.1, -0.05) is 164 Å². The molecule has 4 heteroatoms. The average Bonchev–Trinajstić information content (AvgIpc) is 3.85. The molecule has 0 aliphatic heterocycles. The highest BCUT2D eigenvalue weighted by atomic mass is 15.1. The molecule has 12 rings (SSSR count). The highest BCUT2D eigenvalue weighted by Crippen LogP contribution is 2.42. The first kappa shape index (κ1) is 35.8. The third-order valence-corrected chi connectivity index (χ3v) is 12.6. The zero-order chi connectivity index (χ0) is 41.1. The first-order valence-electron chi connectivity index (χ1n) is 21.3. The van der Waals surface area contributed by atoms with E-state index in [1.165, 1.54) is 54.8 Å². The van der Waals surface area contributed by atoms with Gasteiger partial charge in [-0.05, 0) is 111 Å². The Morgan fingerprint density at radius 3 is 2.06 bits per heavy atom. The Kier molecular flexibility index (Phi) is 8.42. The summed E-state index contributed by atoms with van der Waals surface area (Å²) in [4.78, 5) is 5.10. The van der Waals surface area contributed by atoms with Gasteiger partial charge in [-0.2, -0.15) is 0 Å². The normalized spacial score (nSPS) is 15.3. The van der Waals surface area contributed by atoms with Gasteiger partial charge >= 0.3 is 0 Å². The summed E-state index contributed by atoms with van der Waals surface area (Å²) in [6.07, 6.45) is 19.0. The fourth-order valence-electron chi connectivity index (χ4n) is 9.72. The van der Waals surface area contributed by atoms with Crippen LogP contribution in [0.3, 0.4) is 0 Å². The summed E-state index contributed by atoms with van der Waals surface area (Å²) < 4.78 is 4.49. The highest BCUT2D eigenvalue weighted by Gasteiger charge is 2.21. The van der Waals surface area contributed by atoms with E-state index in [1.807, 2.05) is 22.8 Å². The zero-order valence-corrected chi connectivity index (χ0v) is 34.0. The molecular weight excluding hydrogens is 753 g/mol. The van der Waals surface area contributed by atoms with Crippen LogP contribution in [0.5, 0.6) is 0 Å². The number of fused-ring (bicyclic) bond motifs is 9. The van der Waals surface area contributed by atoms with Gasteiger partial charge in [0.2, 0.25) is 5.96 Å². The predicted octanol–water partition coefficient (Wildman–Crippen LogP) is 15.2. The number of rotatable bonds is 4. The van der Waals surface area contributed by atoms with Crippen molar-refractivity contribution in [3.8, 4) is 22.3 Å². The highest BCUT2D eigenvalue weighted by molar-refractivity contribution is 6.27. The van der Waals surface area contributed by atoms with Crippen molar-refractivity contribution in [3.05, 3.63) is 217 Å². The lowest BCUT2D eigenvalue weighted by Crippen LogP contribution is -2.12. The van der Waals surface area contributed by atoms with E-state index in [9.17, 15) is 5.41 Å². The quantitative estimate of drug-likeness (QED) is 0.136. The van der Waals surface area contributed by atoms with Gasteiger partial charge in [-0.15, -0.1) is 0 Å². The second-order valence-electron chi connectivity index (χ2n) is 16.2. The Labute approximate surface area is 359 Å². The molecule has 8 aromatic carbocycles. The second-order valence-corrected chi connectivity index (χ2v) is 16.2. The van der Waals surface area contributed by atoms with Crippen LogP contribution in [-0.4, -0.2) is 20.8 Å². The third-order valence-electron chi connectivity index (χ3n) is 12.6. The minimum Gasteiger partial charge on any atom is -0.313 e. The van der Waals surface area contributed by atoms with Gasteiger partial charge in [0.05, 0.1) is 27.8 Å². The maximum atomic E-state index is 9.77. The fourth-order valence-corrected chi connectivity index (χ4v) is 9.72. The van der Waals surface area contributed by atoms with Crippen LogP contribution >= 0.6 is 0 Å². The lowest BCUT2D eigenvalue weighted by atomic mass is 9.94. The minimum atomic E-state index is 0.165. The van der Waals surface area contributed by atoms with E-state index < -0.39 is 0 Å². The summed E-state index contributed by atoms with van der Waals surface area (Å²) >= 11 is 0. The van der Waals surface area contributed by atoms with Crippen molar-refractivity contribution in [2.45, 2.75) is 12.8 Å². The van der Waals surface area contributed by atoms with Crippen LogP contribution in [0, 0.1) is 5.41 Å². The van der Waals surface area contributed by atoms with Crippen molar-refractivity contribution in [1.29, 1.82) is 5.41 Å². The van der Waals surface area contributed by atoms with E-state index >= 15 is 0 Å². The number of aromatic nitrogens is 2. The number of allylic oxidation sites excluding steroid dienone is 9. The third kappa shape index (κ3) is 5.91. The molecule has 2 heterocycles. The van der Waals surface area contributed by atoms with Crippen molar-refractivity contribution >= 4 is 88.6 Å². The Morgan fingerprint density at radius 2 is 1.23 bits per heavy atom. The molecule has 10 aromatic rings. The predicted molar refractivity (Wildman–Crippen MR) is 264 cm³/mol. The van der Waals surface area contributed by atoms with Crippen LogP contribution in [0.2, 0.25) is 0 Å². The number of hydrogen-bond donors (Lipinski definition) is 1. The molecule has 0 amide bonds. The van der Waals surface area contributed by atoms with Gasteiger partial charge in [0.25, 0.3) is 0 Å². The molecule has 0 saturated heterocycles. The maximum Gasteiger partial charge on any atom is 0.227 e. The van der Waals surface area contributed by atoms with E-state index in [0.29, 0.717) is 0 Å². The SMILES string of the molecule is N=C(/N=C1/C=CC=C/C1=C\c1ccc(-c2ccc3ccccc3c2)cc1)n1c2ccccc2c2c3ccccc3c(-c3ccc4c5ccccc5n(C5=CC=CCC5)c4c3)cc21. The van der Waals surface area contributed by atoms with Crippen LogP contribution < -0.4 is 0 Å². The van der Waals surface area contributed by atoms with Crippen LogP contribution in [0.25, 0.3) is 99.2 Å². The van der Waals surface area contributed by atoms with Crippen LogP contribution in [0.1, 0.15) is 18.4 Å². The minimum absolute atomic E-state index is 0.165. The van der Waals surface area contributed by atoms with E-state index in [4.69, 9.17) is 4.99 Å². The van der Waals surface area contributed by atoms with Crippen molar-refractivity contribution in [2.75, 3.05) is 0 Å². The van der Waals surface area contributed by atoms with Crippen LogP contribution in [-0.2, 0) is 0 Å². The summed E-state index contributed by atoms with van der Waals surface area (Å²) in [5, 5.41) is 19.3.